The van der Waals surface area contributed by atoms with Crippen molar-refractivity contribution in [3.8, 4) is 0 Å². The summed E-state index contributed by atoms with van der Waals surface area (Å²) in [5, 5.41) is 8.63. The van der Waals surface area contributed by atoms with E-state index in [2.05, 4.69) is 20.9 Å². The SMILES string of the molecule is COCCN(C)c1nc2c(cc1C(=O)NC1CCC(C(F)(F)F)CC1)nc(Nc1cc(CNC(=O)C3(C(F)(F)F)CC3)ccc1Cl)n2C. The highest BCUT2D eigenvalue weighted by molar-refractivity contribution is 6.33. The number of carbonyl (C=O) groups excluding carboxylic acids is 2. The van der Waals surface area contributed by atoms with E-state index in [4.69, 9.17) is 21.3 Å². The number of nitrogens with zero attached hydrogens (tertiary/aromatic N) is 4. The number of hydrogen-bond donors (Lipinski definition) is 3. The quantitative estimate of drug-likeness (QED) is 0.202. The maximum Gasteiger partial charge on any atom is 0.403 e. The zero-order valence-corrected chi connectivity index (χ0v) is 27.2. The molecule has 262 valence electrons. The molecule has 17 heteroatoms. The Morgan fingerprint density at radius 3 is 2.38 bits per heavy atom. The van der Waals surface area contributed by atoms with Gasteiger partial charge in [0, 0.05) is 40.3 Å². The molecule has 0 unspecified atom stereocenters. The fourth-order valence-electron chi connectivity index (χ4n) is 5.85. The summed E-state index contributed by atoms with van der Waals surface area (Å²) in [4.78, 5) is 36.9. The first-order valence-electron chi connectivity index (χ1n) is 15.4. The van der Waals surface area contributed by atoms with E-state index >= 15 is 0 Å². The molecule has 10 nitrogen and oxygen atoms in total. The second-order valence-corrected chi connectivity index (χ2v) is 12.8. The van der Waals surface area contributed by atoms with Crippen LogP contribution in [0.1, 0.15) is 54.4 Å². The molecule has 1 aromatic carbocycles. The molecule has 0 spiro atoms. The van der Waals surface area contributed by atoms with Crippen molar-refractivity contribution in [1.29, 1.82) is 0 Å². The van der Waals surface area contributed by atoms with Crippen LogP contribution in [0, 0.1) is 11.3 Å². The monoisotopic (exact) mass is 703 g/mol. The summed E-state index contributed by atoms with van der Waals surface area (Å²) >= 11 is 6.43. The van der Waals surface area contributed by atoms with Crippen molar-refractivity contribution < 1.29 is 40.7 Å². The summed E-state index contributed by atoms with van der Waals surface area (Å²) in [6.45, 7) is 0.571. The van der Waals surface area contributed by atoms with Crippen LogP contribution in [-0.4, -0.2) is 72.1 Å². The number of hydrogen-bond acceptors (Lipinski definition) is 7. The Balaban J connectivity index is 1.37. The minimum atomic E-state index is -4.62. The van der Waals surface area contributed by atoms with Crippen molar-refractivity contribution in [2.24, 2.45) is 18.4 Å². The standard InChI is InChI=1S/C31H36ClF6N7O3/c1-44(12-13-48-3)24-20(26(46)40-19-7-5-18(6-8-19)30(33,34)35)15-23-25(43-24)45(2)28(42-23)41-22-14-17(4-9-21(22)32)16-39-27(47)29(10-11-29)31(36,37)38/h4,9,14-15,18-19H,5-8,10-13,16H2,1-3H3,(H,39,47)(H,40,46)(H,41,42). The van der Waals surface area contributed by atoms with E-state index in [1.165, 1.54) is 13.2 Å². The fraction of sp³-hybridized carbons (Fsp3) is 0.548. The Bertz CT molecular complexity index is 1670. The van der Waals surface area contributed by atoms with Crippen molar-refractivity contribution >= 4 is 52.0 Å². The van der Waals surface area contributed by atoms with Gasteiger partial charge in [0.05, 0.1) is 28.8 Å². The number of methoxy groups -OCH3 is 1. The van der Waals surface area contributed by atoms with Crippen molar-refractivity contribution in [2.75, 3.05) is 37.5 Å². The molecule has 0 radical (unpaired) electrons. The van der Waals surface area contributed by atoms with Gasteiger partial charge in [0.25, 0.3) is 5.91 Å². The maximum absolute atomic E-state index is 13.5. The third-order valence-electron chi connectivity index (χ3n) is 9.04. The molecule has 0 saturated heterocycles. The van der Waals surface area contributed by atoms with Gasteiger partial charge in [-0.3, -0.25) is 14.2 Å². The minimum Gasteiger partial charge on any atom is -0.383 e. The number of carbonyl (C=O) groups is 2. The summed E-state index contributed by atoms with van der Waals surface area (Å²) in [5.74, 6) is -2.34. The first kappa shape index (κ1) is 35.5. The van der Waals surface area contributed by atoms with E-state index in [1.807, 2.05) is 0 Å². The van der Waals surface area contributed by atoms with Crippen LogP contribution in [-0.2, 0) is 23.1 Å². The molecule has 0 atom stereocenters. The van der Waals surface area contributed by atoms with Crippen molar-refractivity contribution in [3.63, 3.8) is 0 Å². The molecule has 2 aliphatic rings. The van der Waals surface area contributed by atoms with Gasteiger partial charge in [-0.25, -0.2) is 9.97 Å². The highest BCUT2D eigenvalue weighted by atomic mass is 35.5. The molecule has 2 fully saturated rings. The average molecular weight is 704 g/mol. The molecule has 2 aliphatic carbocycles. The van der Waals surface area contributed by atoms with Crippen molar-refractivity contribution in [1.82, 2.24) is 25.2 Å². The third-order valence-corrected chi connectivity index (χ3v) is 9.37. The van der Waals surface area contributed by atoms with Crippen LogP contribution in [0.2, 0.25) is 5.02 Å². The first-order chi connectivity index (χ1) is 22.5. The van der Waals surface area contributed by atoms with Crippen LogP contribution >= 0.6 is 11.6 Å². The van der Waals surface area contributed by atoms with E-state index in [-0.39, 0.29) is 61.6 Å². The smallest absolute Gasteiger partial charge is 0.383 e. The van der Waals surface area contributed by atoms with Gasteiger partial charge in [0.2, 0.25) is 11.9 Å². The lowest BCUT2D eigenvalue weighted by molar-refractivity contribution is -0.192. The molecule has 0 aliphatic heterocycles. The molecular formula is C31H36ClF6N7O3. The first-order valence-corrected chi connectivity index (χ1v) is 15.8. The van der Waals surface area contributed by atoms with Crippen LogP contribution in [0.3, 0.4) is 0 Å². The lowest BCUT2D eigenvalue weighted by Gasteiger charge is -2.30. The zero-order valence-electron chi connectivity index (χ0n) is 26.5. The molecule has 2 heterocycles. The van der Waals surface area contributed by atoms with Crippen LogP contribution < -0.4 is 20.9 Å². The van der Waals surface area contributed by atoms with Gasteiger partial charge in [-0.2, -0.15) is 26.3 Å². The number of halogens is 7. The number of likely N-dealkylation sites (N-methyl/N-ethyl adjacent to an activating group) is 1. The number of fused-ring (bicyclic) bond motifs is 1. The maximum atomic E-state index is 13.5. The van der Waals surface area contributed by atoms with E-state index in [1.54, 1.807) is 41.8 Å². The van der Waals surface area contributed by atoms with Crippen LogP contribution in [0.25, 0.3) is 11.2 Å². The van der Waals surface area contributed by atoms with Crippen LogP contribution in [0.5, 0.6) is 0 Å². The number of nitrogens with one attached hydrogen (secondary N) is 3. The molecule has 48 heavy (non-hydrogen) atoms. The lowest BCUT2D eigenvalue weighted by atomic mass is 9.85. The lowest BCUT2D eigenvalue weighted by Crippen LogP contribution is -2.40. The molecule has 2 amide bonds. The molecular weight excluding hydrogens is 668 g/mol. The van der Waals surface area contributed by atoms with Crippen LogP contribution in [0.4, 0.5) is 43.8 Å². The number of amides is 2. The largest absolute Gasteiger partial charge is 0.403 e. The van der Waals surface area contributed by atoms with E-state index in [9.17, 15) is 35.9 Å². The number of benzene rings is 1. The van der Waals surface area contributed by atoms with Crippen molar-refractivity contribution in [2.45, 2.75) is 63.5 Å². The third kappa shape index (κ3) is 7.43. The Kier molecular flexibility index (Phi) is 10.1. The molecule has 2 aromatic heterocycles. The van der Waals surface area contributed by atoms with Gasteiger partial charge in [-0.05, 0) is 62.3 Å². The van der Waals surface area contributed by atoms with Crippen molar-refractivity contribution in [3.05, 3.63) is 40.4 Å². The average Bonchev–Trinajstić information content (AvgIpc) is 3.80. The Morgan fingerprint density at radius 2 is 1.77 bits per heavy atom. The number of imidazole rings is 1. The summed E-state index contributed by atoms with van der Waals surface area (Å²) < 4.78 is 86.3. The number of ether oxygens (including phenoxy) is 1. The van der Waals surface area contributed by atoms with E-state index < -0.39 is 41.5 Å². The molecule has 3 aromatic rings. The van der Waals surface area contributed by atoms with Crippen LogP contribution in [0.15, 0.2) is 24.3 Å². The van der Waals surface area contributed by atoms with Gasteiger partial charge in [0.15, 0.2) is 5.65 Å². The summed E-state index contributed by atoms with van der Waals surface area (Å²) in [6, 6.07) is 5.84. The van der Waals surface area contributed by atoms with E-state index in [0.717, 1.165) is 0 Å². The van der Waals surface area contributed by atoms with Gasteiger partial charge in [-0.1, -0.05) is 17.7 Å². The summed E-state index contributed by atoms with van der Waals surface area (Å²) in [7, 11) is 4.96. The Hall–Kier alpha value is -3.79. The number of aromatic nitrogens is 3. The second-order valence-electron chi connectivity index (χ2n) is 12.4. The molecule has 2 saturated carbocycles. The Labute approximate surface area is 277 Å². The molecule has 0 bridgehead atoms. The topological polar surface area (TPSA) is 113 Å². The van der Waals surface area contributed by atoms with Gasteiger partial charge in [-0.15, -0.1) is 0 Å². The number of aryl methyl sites for hydroxylation is 1. The zero-order chi connectivity index (χ0) is 35.0. The number of pyridine rings is 1. The highest BCUT2D eigenvalue weighted by Gasteiger charge is 2.68. The molecule has 3 N–H and O–H groups in total. The number of rotatable bonds is 11. The number of alkyl halides is 6. The van der Waals surface area contributed by atoms with Gasteiger partial charge >= 0.3 is 12.4 Å². The predicted molar refractivity (Wildman–Crippen MR) is 167 cm³/mol. The van der Waals surface area contributed by atoms with Gasteiger partial charge < -0.3 is 25.6 Å². The summed E-state index contributed by atoms with van der Waals surface area (Å²) in [6.07, 6.45) is -9.09. The Morgan fingerprint density at radius 1 is 1.08 bits per heavy atom. The second kappa shape index (κ2) is 13.6. The minimum absolute atomic E-state index is 0.0634. The van der Waals surface area contributed by atoms with E-state index in [0.29, 0.717) is 41.4 Å². The fourth-order valence-corrected chi connectivity index (χ4v) is 6.01. The predicted octanol–water partition coefficient (Wildman–Crippen LogP) is 6.26. The summed E-state index contributed by atoms with van der Waals surface area (Å²) in [5.41, 5.74) is -0.540. The molecule has 5 rings (SSSR count). The highest BCUT2D eigenvalue weighted by Crippen LogP contribution is 2.57. The normalized spacial score (nSPS) is 19.2. The number of anilines is 3. The van der Waals surface area contributed by atoms with Gasteiger partial charge in [0.1, 0.15) is 16.7 Å².